The molecule has 1 saturated heterocycles. The van der Waals surface area contributed by atoms with Gasteiger partial charge in [0.25, 0.3) is 5.56 Å². The Bertz CT molecular complexity index is 1120. The van der Waals surface area contributed by atoms with Crippen LogP contribution < -0.4 is 15.8 Å². The molecule has 150 valence electrons. The number of aryl methyl sites for hydroxylation is 1. The standard InChI is InChI=1S/C22H23ClN4O2/c1-26-22(29)17-8-4-3-7-16(17)19(25-26)14-21(28)24-15-9-10-20(18(23)13-15)27-11-5-2-6-12-27/h3-4,7-10,13H,2,5-6,11-12,14H2,1H3,(H,24,28). The first-order valence-corrected chi connectivity index (χ1v) is 10.2. The number of carbonyl (C=O) groups excluding carboxylic acids is 1. The molecule has 1 aromatic heterocycles. The van der Waals surface area contributed by atoms with Crippen molar-refractivity contribution < 1.29 is 4.79 Å². The van der Waals surface area contributed by atoms with Crippen molar-refractivity contribution in [2.24, 2.45) is 7.05 Å². The van der Waals surface area contributed by atoms with Crippen LogP contribution in [0.2, 0.25) is 5.02 Å². The van der Waals surface area contributed by atoms with E-state index in [-0.39, 0.29) is 17.9 Å². The third kappa shape index (κ3) is 4.12. The topological polar surface area (TPSA) is 67.2 Å². The first-order chi connectivity index (χ1) is 14.0. The summed E-state index contributed by atoms with van der Waals surface area (Å²) in [5.74, 6) is -0.205. The van der Waals surface area contributed by atoms with Gasteiger partial charge in [-0.3, -0.25) is 9.59 Å². The monoisotopic (exact) mass is 410 g/mol. The van der Waals surface area contributed by atoms with Crippen molar-refractivity contribution in [2.75, 3.05) is 23.3 Å². The minimum atomic E-state index is -0.205. The van der Waals surface area contributed by atoms with Gasteiger partial charge in [-0.2, -0.15) is 5.10 Å². The summed E-state index contributed by atoms with van der Waals surface area (Å²) in [6.45, 7) is 2.02. The van der Waals surface area contributed by atoms with E-state index in [1.807, 2.05) is 24.3 Å². The summed E-state index contributed by atoms with van der Waals surface area (Å²) in [5, 5.41) is 9.07. The molecule has 0 spiro atoms. The number of rotatable bonds is 4. The molecule has 1 fully saturated rings. The van der Waals surface area contributed by atoms with Crippen LogP contribution in [-0.2, 0) is 18.3 Å². The average Bonchev–Trinajstić information content (AvgIpc) is 2.72. The molecule has 4 rings (SSSR count). The second-order valence-corrected chi connectivity index (χ2v) is 7.77. The summed E-state index contributed by atoms with van der Waals surface area (Å²) in [4.78, 5) is 27.2. The summed E-state index contributed by atoms with van der Waals surface area (Å²) in [6.07, 6.45) is 3.68. The number of fused-ring (bicyclic) bond motifs is 1. The van der Waals surface area contributed by atoms with Gasteiger partial charge < -0.3 is 10.2 Å². The van der Waals surface area contributed by atoms with Crippen LogP contribution in [0, 0.1) is 0 Å². The molecule has 0 aliphatic carbocycles. The van der Waals surface area contributed by atoms with Crippen molar-refractivity contribution in [1.29, 1.82) is 0 Å². The van der Waals surface area contributed by atoms with Gasteiger partial charge in [-0.1, -0.05) is 29.8 Å². The lowest BCUT2D eigenvalue weighted by Crippen LogP contribution is -2.29. The average molecular weight is 411 g/mol. The van der Waals surface area contributed by atoms with E-state index in [1.165, 1.54) is 23.9 Å². The molecule has 0 unspecified atom stereocenters. The fourth-order valence-corrected chi connectivity index (χ4v) is 4.14. The Balaban J connectivity index is 1.52. The zero-order chi connectivity index (χ0) is 20.4. The number of benzene rings is 2. The van der Waals surface area contributed by atoms with Crippen molar-refractivity contribution in [3.8, 4) is 0 Å². The van der Waals surface area contributed by atoms with E-state index < -0.39 is 0 Å². The molecule has 2 aromatic carbocycles. The Morgan fingerprint density at radius 2 is 1.83 bits per heavy atom. The normalized spacial score (nSPS) is 14.2. The van der Waals surface area contributed by atoms with Crippen LogP contribution in [0.4, 0.5) is 11.4 Å². The number of hydrogen-bond donors (Lipinski definition) is 1. The summed E-state index contributed by atoms with van der Waals surface area (Å²) in [7, 11) is 1.59. The van der Waals surface area contributed by atoms with Crippen LogP contribution in [-0.4, -0.2) is 28.8 Å². The number of nitrogens with one attached hydrogen (secondary N) is 1. The molecule has 0 saturated carbocycles. The Hall–Kier alpha value is -2.86. The lowest BCUT2D eigenvalue weighted by atomic mass is 10.1. The predicted molar refractivity (Wildman–Crippen MR) is 117 cm³/mol. The Kier molecular flexibility index (Phi) is 5.53. The molecule has 1 N–H and O–H groups in total. The molecule has 6 nitrogen and oxygen atoms in total. The zero-order valence-electron chi connectivity index (χ0n) is 16.3. The maximum absolute atomic E-state index is 12.6. The molecule has 1 aliphatic heterocycles. The van der Waals surface area contributed by atoms with Gasteiger partial charge in [0.05, 0.1) is 28.2 Å². The maximum Gasteiger partial charge on any atom is 0.274 e. The van der Waals surface area contributed by atoms with Crippen molar-refractivity contribution in [2.45, 2.75) is 25.7 Å². The largest absolute Gasteiger partial charge is 0.370 e. The van der Waals surface area contributed by atoms with E-state index in [0.29, 0.717) is 27.2 Å². The molecule has 0 bridgehead atoms. The molecule has 7 heteroatoms. The van der Waals surface area contributed by atoms with E-state index in [0.717, 1.165) is 18.8 Å². The fourth-order valence-electron chi connectivity index (χ4n) is 3.84. The highest BCUT2D eigenvalue weighted by atomic mass is 35.5. The van der Waals surface area contributed by atoms with Crippen molar-refractivity contribution in [3.63, 3.8) is 0 Å². The van der Waals surface area contributed by atoms with Crippen LogP contribution >= 0.6 is 11.6 Å². The predicted octanol–water partition coefficient (Wildman–Crippen LogP) is 3.76. The van der Waals surface area contributed by atoms with Gasteiger partial charge in [-0.05, 0) is 43.5 Å². The number of aromatic nitrogens is 2. The smallest absolute Gasteiger partial charge is 0.274 e. The van der Waals surface area contributed by atoms with Crippen LogP contribution in [0.25, 0.3) is 10.8 Å². The maximum atomic E-state index is 12.6. The number of nitrogens with zero attached hydrogens (tertiary/aromatic N) is 3. The van der Waals surface area contributed by atoms with Crippen LogP contribution in [0.5, 0.6) is 0 Å². The highest BCUT2D eigenvalue weighted by Gasteiger charge is 2.16. The zero-order valence-corrected chi connectivity index (χ0v) is 17.1. The van der Waals surface area contributed by atoms with E-state index in [1.54, 1.807) is 25.2 Å². The molecule has 2 heterocycles. The second kappa shape index (κ2) is 8.25. The molecule has 29 heavy (non-hydrogen) atoms. The van der Waals surface area contributed by atoms with Crippen LogP contribution in [0.3, 0.4) is 0 Å². The van der Waals surface area contributed by atoms with Gasteiger partial charge in [-0.15, -0.1) is 0 Å². The fraction of sp³-hybridized carbons (Fsp3) is 0.318. The van der Waals surface area contributed by atoms with Gasteiger partial charge >= 0.3 is 0 Å². The van der Waals surface area contributed by atoms with Crippen LogP contribution in [0.15, 0.2) is 47.3 Å². The summed E-state index contributed by atoms with van der Waals surface area (Å²) in [6, 6.07) is 12.8. The molecule has 1 amide bonds. The molecular weight excluding hydrogens is 388 g/mol. The van der Waals surface area contributed by atoms with Gasteiger partial charge in [0.2, 0.25) is 5.91 Å². The van der Waals surface area contributed by atoms with E-state index in [9.17, 15) is 9.59 Å². The van der Waals surface area contributed by atoms with Crippen LogP contribution in [0.1, 0.15) is 25.0 Å². The number of halogens is 1. The Morgan fingerprint density at radius 3 is 2.55 bits per heavy atom. The number of piperidine rings is 1. The third-order valence-corrected chi connectivity index (χ3v) is 5.59. The number of amides is 1. The van der Waals surface area contributed by atoms with Gasteiger partial charge in [0.15, 0.2) is 0 Å². The highest BCUT2D eigenvalue weighted by Crippen LogP contribution is 2.31. The number of anilines is 2. The van der Waals surface area contributed by atoms with E-state index in [4.69, 9.17) is 11.6 Å². The quantitative estimate of drug-likeness (QED) is 0.711. The molecule has 0 atom stereocenters. The molecule has 1 aliphatic rings. The highest BCUT2D eigenvalue weighted by molar-refractivity contribution is 6.33. The Labute approximate surface area is 174 Å². The van der Waals surface area contributed by atoms with Gasteiger partial charge in [-0.25, -0.2) is 4.68 Å². The molecular formula is C22H23ClN4O2. The number of carbonyl (C=O) groups is 1. The molecule has 3 aromatic rings. The van der Waals surface area contributed by atoms with Crippen molar-refractivity contribution in [1.82, 2.24) is 9.78 Å². The number of hydrogen-bond acceptors (Lipinski definition) is 4. The molecule has 0 radical (unpaired) electrons. The minimum Gasteiger partial charge on any atom is -0.370 e. The minimum absolute atomic E-state index is 0.0696. The third-order valence-electron chi connectivity index (χ3n) is 5.29. The first-order valence-electron chi connectivity index (χ1n) is 9.82. The van der Waals surface area contributed by atoms with Crippen molar-refractivity contribution >= 4 is 39.7 Å². The summed E-state index contributed by atoms with van der Waals surface area (Å²) >= 11 is 6.48. The van der Waals surface area contributed by atoms with Gasteiger partial charge in [0, 0.05) is 31.2 Å². The Morgan fingerprint density at radius 1 is 1.10 bits per heavy atom. The van der Waals surface area contributed by atoms with E-state index in [2.05, 4.69) is 15.3 Å². The first kappa shape index (κ1) is 19.5. The van der Waals surface area contributed by atoms with E-state index >= 15 is 0 Å². The van der Waals surface area contributed by atoms with Crippen molar-refractivity contribution in [3.05, 3.63) is 63.5 Å². The summed E-state index contributed by atoms with van der Waals surface area (Å²) in [5.41, 5.74) is 2.05. The lowest BCUT2D eigenvalue weighted by molar-refractivity contribution is -0.115. The van der Waals surface area contributed by atoms with Gasteiger partial charge in [0.1, 0.15) is 0 Å². The SMILES string of the molecule is Cn1nc(CC(=O)Nc2ccc(N3CCCCC3)c(Cl)c2)c2ccccc2c1=O. The summed E-state index contributed by atoms with van der Waals surface area (Å²) < 4.78 is 1.27. The lowest BCUT2D eigenvalue weighted by Gasteiger charge is -2.29. The second-order valence-electron chi connectivity index (χ2n) is 7.36.